The van der Waals surface area contributed by atoms with Crippen molar-refractivity contribution in [2.75, 3.05) is 54.6 Å². The van der Waals surface area contributed by atoms with Crippen LogP contribution < -0.4 is 4.74 Å². The van der Waals surface area contributed by atoms with Crippen LogP contribution in [0.3, 0.4) is 0 Å². The fraction of sp³-hybridized carbons (Fsp3) is 0.421. The van der Waals surface area contributed by atoms with Gasteiger partial charge in [0.15, 0.2) is 0 Å². The van der Waals surface area contributed by atoms with E-state index in [2.05, 4.69) is 29.9 Å². The average molecular weight is 637 g/mol. The highest BCUT2D eigenvalue weighted by Gasteiger charge is 2.38. The molecule has 2 fully saturated rings. The summed E-state index contributed by atoms with van der Waals surface area (Å²) < 4.78 is 24.6. The number of piperidine rings is 1. The van der Waals surface area contributed by atoms with Crippen LogP contribution >= 0.6 is 0 Å². The number of aliphatic hydroxyl groups excluding tert-OH is 1. The second kappa shape index (κ2) is 22.6. The number of aromatic nitrogens is 1. The first-order valence-corrected chi connectivity index (χ1v) is 15.9. The molecular weight excluding hydrogens is 581 g/mol. The molecule has 0 bridgehead atoms. The first kappa shape index (κ1) is 40.2. The molecule has 2 aromatic rings. The van der Waals surface area contributed by atoms with Crippen molar-refractivity contribution in [3.05, 3.63) is 109 Å². The highest BCUT2D eigenvalue weighted by atomic mass is 19.1. The van der Waals surface area contributed by atoms with Crippen molar-refractivity contribution in [1.29, 1.82) is 0 Å². The van der Waals surface area contributed by atoms with Gasteiger partial charge in [-0.15, -0.1) is 13.2 Å². The van der Waals surface area contributed by atoms with Gasteiger partial charge in [0.25, 0.3) is 5.91 Å². The molecule has 0 unspecified atom stereocenters. The third-order valence-corrected chi connectivity index (χ3v) is 7.66. The average Bonchev–Trinajstić information content (AvgIpc) is 3.43. The molecule has 2 saturated heterocycles. The smallest absolute Gasteiger partial charge is 0.272 e. The molecule has 8 heteroatoms. The molecule has 1 N–H and O–H groups in total. The summed E-state index contributed by atoms with van der Waals surface area (Å²) in [5.74, 6) is 1.05. The number of rotatable bonds is 5. The summed E-state index contributed by atoms with van der Waals surface area (Å²) in [5.41, 5.74) is 2.42. The van der Waals surface area contributed by atoms with E-state index in [1.165, 1.54) is 42.6 Å². The van der Waals surface area contributed by atoms with E-state index in [9.17, 15) is 9.18 Å². The molecule has 5 rings (SSSR count). The van der Waals surface area contributed by atoms with Gasteiger partial charge in [-0.2, -0.15) is 0 Å². The van der Waals surface area contributed by atoms with Gasteiger partial charge >= 0.3 is 0 Å². The lowest BCUT2D eigenvalue weighted by Gasteiger charge is -2.42. The molecule has 7 nitrogen and oxygen atoms in total. The Morgan fingerprint density at radius 3 is 2.11 bits per heavy atom. The Morgan fingerprint density at radius 1 is 0.978 bits per heavy atom. The molecule has 46 heavy (non-hydrogen) atoms. The third-order valence-electron chi connectivity index (χ3n) is 7.66. The number of benzene rings is 1. The predicted molar refractivity (Wildman–Crippen MR) is 188 cm³/mol. The lowest BCUT2D eigenvalue weighted by atomic mass is 10.0. The molecule has 1 aromatic carbocycles. The van der Waals surface area contributed by atoms with Gasteiger partial charge < -0.3 is 24.0 Å². The summed E-state index contributed by atoms with van der Waals surface area (Å²) in [6.07, 6.45) is 16.9. The van der Waals surface area contributed by atoms with Gasteiger partial charge in [-0.3, -0.25) is 9.78 Å². The van der Waals surface area contributed by atoms with Crippen molar-refractivity contribution in [3.8, 4) is 16.9 Å². The van der Waals surface area contributed by atoms with E-state index in [1.54, 1.807) is 38.6 Å². The molecule has 252 valence electrons. The Labute approximate surface area is 276 Å². The molecule has 2 aliphatic heterocycles. The van der Waals surface area contributed by atoms with E-state index in [1.807, 2.05) is 61.2 Å². The summed E-state index contributed by atoms with van der Waals surface area (Å²) in [7, 11) is 6.64. The zero-order valence-corrected chi connectivity index (χ0v) is 28.8. The first-order chi connectivity index (χ1) is 22.2. The number of allylic oxidation sites excluding steroid dienone is 7. The summed E-state index contributed by atoms with van der Waals surface area (Å²) in [4.78, 5) is 19.6. The lowest BCUT2D eigenvalue weighted by Crippen LogP contribution is -2.55. The van der Waals surface area contributed by atoms with Crippen molar-refractivity contribution >= 4 is 5.91 Å². The van der Waals surface area contributed by atoms with E-state index in [4.69, 9.17) is 9.84 Å². The minimum Gasteiger partial charge on any atom is -0.458 e. The quantitative estimate of drug-likeness (QED) is 0.267. The zero-order valence-electron chi connectivity index (χ0n) is 28.8. The number of amides is 1. The Balaban J connectivity index is 0.000000853. The summed E-state index contributed by atoms with van der Waals surface area (Å²) in [6.45, 7) is 14.7. The van der Waals surface area contributed by atoms with E-state index in [-0.39, 0.29) is 11.7 Å². The van der Waals surface area contributed by atoms with Crippen LogP contribution in [0.15, 0.2) is 104 Å². The number of methoxy groups -OCH3 is 1. The molecular formula is C38H55FN3O4+. The van der Waals surface area contributed by atoms with Crippen LogP contribution in [-0.4, -0.2) is 86.0 Å². The summed E-state index contributed by atoms with van der Waals surface area (Å²) >= 11 is 0. The minimum absolute atomic E-state index is 0.0160. The van der Waals surface area contributed by atoms with Gasteiger partial charge in [0.05, 0.1) is 26.2 Å². The Hall–Kier alpha value is -3.85. The maximum atomic E-state index is 13.4. The largest absolute Gasteiger partial charge is 0.458 e. The number of carbonyl (C=O) groups is 1. The highest BCUT2D eigenvalue weighted by molar-refractivity contribution is 5.93. The number of hydrogen-bond donors (Lipinski definition) is 1. The lowest BCUT2D eigenvalue weighted by molar-refractivity contribution is -0.923. The Kier molecular flexibility index (Phi) is 19.8. The summed E-state index contributed by atoms with van der Waals surface area (Å²) in [6, 6.07) is 12.2. The number of aliphatic hydroxyl groups is 1. The van der Waals surface area contributed by atoms with Crippen LogP contribution in [0.5, 0.6) is 5.75 Å². The van der Waals surface area contributed by atoms with Crippen LogP contribution in [-0.2, 0) is 4.74 Å². The van der Waals surface area contributed by atoms with Gasteiger partial charge in [-0.05, 0) is 80.0 Å². The van der Waals surface area contributed by atoms with Crippen LogP contribution in [0, 0.1) is 0 Å². The van der Waals surface area contributed by atoms with Crippen molar-refractivity contribution in [3.63, 3.8) is 0 Å². The van der Waals surface area contributed by atoms with Crippen molar-refractivity contribution < 1.29 is 28.2 Å². The fourth-order valence-electron chi connectivity index (χ4n) is 5.52. The number of nitrogens with zero attached hydrogens (tertiary/aromatic N) is 3. The molecule has 0 radical (unpaired) electrons. The number of pyridine rings is 1. The molecule has 0 spiro atoms. The second-order valence-electron chi connectivity index (χ2n) is 11.2. The van der Waals surface area contributed by atoms with Crippen LogP contribution in [0.4, 0.5) is 4.39 Å². The fourth-order valence-corrected chi connectivity index (χ4v) is 5.52. The predicted octanol–water partition coefficient (Wildman–Crippen LogP) is 7.93. The zero-order chi connectivity index (χ0) is 34.4. The first-order valence-electron chi connectivity index (χ1n) is 15.9. The number of likely N-dealkylation sites (tertiary alicyclic amines) is 2. The number of ether oxygens (including phenoxy) is 2. The minimum atomic E-state index is -0.259. The molecule has 1 amide bonds. The highest BCUT2D eigenvalue weighted by Crippen LogP contribution is 2.29. The SMILES string of the molecule is C=CC.C=CC.CO.COC.C[N+]1(C2CCN(C(=O)c3cc(-c4ccc(OC5=CCC=C(F)C=C5)cc4)ccn3)CC2)CCCC1. The molecule has 3 heterocycles. The van der Waals surface area contributed by atoms with E-state index >= 15 is 0 Å². The van der Waals surface area contributed by atoms with E-state index in [0.717, 1.165) is 44.2 Å². The van der Waals surface area contributed by atoms with Crippen LogP contribution in [0.2, 0.25) is 0 Å². The standard InChI is InChI=1S/C29H33FN3O2.2C3H6.C2H6O.CH4O/c1-33(19-2-3-20-33)25-14-17-32(18-15-25)29(34)28-21-23(13-16-31-28)22-7-10-27(11-8-22)35-26-6-4-5-24(30)9-12-26;3*1-3-2;1-2/h5-13,16,21,25H,2-4,14-15,17-20H2,1H3;2*3H,1H2,2H3;1-2H3;2H,1H3/q+1;;;;. The monoisotopic (exact) mass is 636 g/mol. The van der Waals surface area contributed by atoms with E-state index in [0.29, 0.717) is 29.7 Å². The van der Waals surface area contributed by atoms with Gasteiger partial charge in [0.1, 0.15) is 23.0 Å². The number of carbonyl (C=O) groups excluding carboxylic acids is 1. The summed E-state index contributed by atoms with van der Waals surface area (Å²) in [5, 5.41) is 7.00. The maximum Gasteiger partial charge on any atom is 0.272 e. The van der Waals surface area contributed by atoms with Gasteiger partial charge in [-0.25, -0.2) is 4.39 Å². The third kappa shape index (κ3) is 13.3. The van der Waals surface area contributed by atoms with Crippen molar-refractivity contribution in [2.45, 2.75) is 52.0 Å². The van der Waals surface area contributed by atoms with Crippen molar-refractivity contribution in [1.82, 2.24) is 9.88 Å². The molecule has 1 aliphatic carbocycles. The van der Waals surface area contributed by atoms with Gasteiger partial charge in [0, 0.05) is 66.3 Å². The van der Waals surface area contributed by atoms with Crippen LogP contribution in [0.1, 0.15) is 56.4 Å². The topological polar surface area (TPSA) is 71.9 Å². The van der Waals surface area contributed by atoms with Gasteiger partial charge in [-0.1, -0.05) is 24.3 Å². The van der Waals surface area contributed by atoms with Crippen molar-refractivity contribution in [2.24, 2.45) is 0 Å². The Bertz CT molecular complexity index is 1270. The second-order valence-corrected chi connectivity index (χ2v) is 11.2. The number of quaternary nitrogens is 1. The normalized spacial score (nSPS) is 16.5. The van der Waals surface area contributed by atoms with Crippen LogP contribution in [0.25, 0.3) is 11.1 Å². The van der Waals surface area contributed by atoms with Gasteiger partial charge in [0.2, 0.25) is 0 Å². The molecule has 3 aliphatic rings. The van der Waals surface area contributed by atoms with E-state index < -0.39 is 0 Å². The molecule has 0 atom stereocenters. The Morgan fingerprint density at radius 2 is 1.54 bits per heavy atom. The number of hydrogen-bond acceptors (Lipinski definition) is 5. The molecule has 1 aromatic heterocycles. The number of halogens is 1. The molecule has 0 saturated carbocycles. The maximum absolute atomic E-state index is 13.4.